The highest BCUT2D eigenvalue weighted by Gasteiger charge is 2.30. The minimum Gasteiger partial charge on any atom is -0.539 e. The lowest BCUT2D eigenvalue weighted by molar-refractivity contribution is -0.730. The van der Waals surface area contributed by atoms with E-state index < -0.39 is 11.2 Å². The summed E-state index contributed by atoms with van der Waals surface area (Å²) in [5.74, 6) is -0.883. The molecule has 12 heteroatoms. The van der Waals surface area contributed by atoms with Crippen molar-refractivity contribution in [3.05, 3.63) is 35.4 Å². The fourth-order valence-corrected chi connectivity index (χ4v) is 3.92. The molecule has 1 amide bonds. The van der Waals surface area contributed by atoms with Crippen LogP contribution in [0.15, 0.2) is 33.8 Å². The van der Waals surface area contributed by atoms with Crippen molar-refractivity contribution >= 4 is 29.2 Å². The molecule has 1 aromatic carbocycles. The molecule has 11 nitrogen and oxygen atoms in total. The first-order valence-corrected chi connectivity index (χ1v) is 10.6. The van der Waals surface area contributed by atoms with Gasteiger partial charge in [-0.3, -0.25) is 4.79 Å². The van der Waals surface area contributed by atoms with E-state index in [1.807, 2.05) is 19.1 Å². The number of aromatic nitrogens is 3. The smallest absolute Gasteiger partial charge is 0.266 e. The van der Waals surface area contributed by atoms with Crippen molar-refractivity contribution in [2.45, 2.75) is 24.1 Å². The van der Waals surface area contributed by atoms with Crippen LogP contribution in [0.5, 0.6) is 11.7 Å². The number of hydrogen-bond donors (Lipinski definition) is 2. The van der Waals surface area contributed by atoms with Crippen molar-refractivity contribution in [2.24, 2.45) is 7.05 Å². The summed E-state index contributed by atoms with van der Waals surface area (Å²) < 4.78 is 11.3. The molecular weight excluding hydrogens is 446 g/mol. The molecule has 3 N–H and O–H groups in total. The lowest BCUT2D eigenvalue weighted by atomic mass is 10.0. The van der Waals surface area contributed by atoms with Gasteiger partial charge in [0.05, 0.1) is 33.9 Å². The third-order valence-electron chi connectivity index (χ3n) is 4.52. The molecule has 0 saturated carbocycles. The molecule has 0 bridgehead atoms. The Bertz CT molecular complexity index is 1270. The lowest BCUT2D eigenvalue weighted by Crippen LogP contribution is -2.32. The Kier molecular flexibility index (Phi) is 7.00. The molecule has 3 rings (SSSR count). The molecule has 33 heavy (non-hydrogen) atoms. The van der Waals surface area contributed by atoms with Crippen LogP contribution in [-0.2, 0) is 11.8 Å². The number of rotatable bonds is 7. The Balaban J connectivity index is 1.98. The van der Waals surface area contributed by atoms with Gasteiger partial charge in [0.1, 0.15) is 34.3 Å². The maximum atomic E-state index is 12.8. The first-order valence-electron chi connectivity index (χ1n) is 9.68. The van der Waals surface area contributed by atoms with E-state index in [4.69, 9.17) is 10.5 Å². The molecule has 0 aliphatic heterocycles. The normalized spacial score (nSPS) is 11.3. The number of hydrogen-bond acceptors (Lipinski definition) is 10. The lowest BCUT2D eigenvalue weighted by Gasteiger charge is -2.16. The van der Waals surface area contributed by atoms with Crippen LogP contribution < -0.4 is 25.6 Å². The van der Waals surface area contributed by atoms with E-state index in [0.717, 1.165) is 16.4 Å². The predicted molar refractivity (Wildman–Crippen MR) is 116 cm³/mol. The van der Waals surface area contributed by atoms with Crippen molar-refractivity contribution in [1.82, 2.24) is 10.3 Å². The van der Waals surface area contributed by atoms with Gasteiger partial charge in [-0.1, -0.05) is 28.6 Å². The van der Waals surface area contributed by atoms with Gasteiger partial charge in [0.15, 0.2) is 13.0 Å². The monoisotopic (exact) mass is 465 g/mol. The quantitative estimate of drug-likeness (QED) is 0.383. The topological polar surface area (TPSA) is 178 Å². The summed E-state index contributed by atoms with van der Waals surface area (Å²) >= 11 is 0.960. The zero-order valence-electron chi connectivity index (χ0n) is 17.9. The average Bonchev–Trinajstić information content (AvgIpc) is 3.12. The van der Waals surface area contributed by atoms with Crippen LogP contribution >= 0.6 is 11.8 Å². The van der Waals surface area contributed by atoms with Crippen LogP contribution in [0.3, 0.4) is 0 Å². The molecule has 3 aromatic rings. The Morgan fingerprint density at radius 2 is 2.06 bits per heavy atom. The number of ether oxygens (including phenoxy) is 1. The first kappa shape index (κ1) is 23.4. The largest absolute Gasteiger partial charge is 0.539 e. The van der Waals surface area contributed by atoms with Gasteiger partial charge in [0.25, 0.3) is 5.69 Å². The molecule has 2 aromatic heterocycles. The van der Waals surface area contributed by atoms with Gasteiger partial charge >= 0.3 is 0 Å². The second kappa shape index (κ2) is 9.89. The number of nitrogens with one attached hydrogen (secondary N) is 1. The van der Waals surface area contributed by atoms with Crippen LogP contribution in [0.25, 0.3) is 11.3 Å². The molecule has 0 radical (unpaired) electrons. The number of carbonyl (C=O) groups excluding carboxylic acids is 1. The Hall–Kier alpha value is -4.29. The van der Waals surface area contributed by atoms with E-state index in [9.17, 15) is 20.4 Å². The van der Waals surface area contributed by atoms with E-state index in [1.165, 1.54) is 7.05 Å². The molecular formula is C21H19N7O4S. The van der Waals surface area contributed by atoms with E-state index in [0.29, 0.717) is 18.0 Å². The number of nitrogens with two attached hydrogens (primary N) is 1. The number of anilines is 2. The summed E-state index contributed by atoms with van der Waals surface area (Å²) in [6.45, 7) is 3.89. The third kappa shape index (κ3) is 4.66. The van der Waals surface area contributed by atoms with E-state index >= 15 is 0 Å². The summed E-state index contributed by atoms with van der Waals surface area (Å²) in [5, 5.41) is 37.3. The summed E-state index contributed by atoms with van der Waals surface area (Å²) in [5.41, 5.74) is 6.04. The van der Waals surface area contributed by atoms with Gasteiger partial charge in [-0.2, -0.15) is 10.5 Å². The number of benzene rings is 1. The van der Waals surface area contributed by atoms with Crippen molar-refractivity contribution in [3.8, 4) is 35.1 Å². The molecule has 0 saturated heterocycles. The Labute approximate surface area is 193 Å². The number of aryl methyl sites for hydroxylation is 1. The zero-order chi connectivity index (χ0) is 24.1. The molecule has 0 aliphatic carbocycles. The van der Waals surface area contributed by atoms with Gasteiger partial charge in [0, 0.05) is 0 Å². The SMILES string of the molecule is CCOc1ccccc1NC(=O)C(C)Sc1nc(N)c(C#N)c(-c2c([O-])on[n+]2C)c1C#N. The Morgan fingerprint density at radius 3 is 2.67 bits per heavy atom. The van der Waals surface area contributed by atoms with Gasteiger partial charge in [-0.15, -0.1) is 0 Å². The maximum Gasteiger partial charge on any atom is 0.266 e. The van der Waals surface area contributed by atoms with Crippen molar-refractivity contribution in [1.29, 1.82) is 10.5 Å². The maximum absolute atomic E-state index is 12.8. The van der Waals surface area contributed by atoms with Crippen LogP contribution in [0.1, 0.15) is 25.0 Å². The number of carbonyl (C=O) groups is 1. The summed E-state index contributed by atoms with van der Waals surface area (Å²) in [7, 11) is 1.43. The zero-order valence-corrected chi connectivity index (χ0v) is 18.8. The fourth-order valence-electron chi connectivity index (χ4n) is 3.01. The van der Waals surface area contributed by atoms with Gasteiger partial charge in [0.2, 0.25) is 5.91 Å². The summed E-state index contributed by atoms with van der Waals surface area (Å²) in [4.78, 5) is 17.0. The number of amides is 1. The van der Waals surface area contributed by atoms with E-state index in [2.05, 4.69) is 20.1 Å². The highest BCUT2D eigenvalue weighted by molar-refractivity contribution is 8.00. The van der Waals surface area contributed by atoms with Gasteiger partial charge in [-0.25, -0.2) is 4.98 Å². The minimum atomic E-state index is -0.842. The molecule has 0 spiro atoms. The second-order valence-electron chi connectivity index (χ2n) is 6.66. The molecule has 1 atom stereocenters. The average molecular weight is 465 g/mol. The fraction of sp³-hybridized carbons (Fsp3) is 0.238. The highest BCUT2D eigenvalue weighted by Crippen LogP contribution is 2.38. The summed E-state index contributed by atoms with van der Waals surface area (Å²) in [6, 6.07) is 10.8. The Morgan fingerprint density at radius 1 is 1.36 bits per heavy atom. The molecule has 0 fully saturated rings. The summed E-state index contributed by atoms with van der Waals surface area (Å²) in [6.07, 6.45) is 0. The molecule has 1 unspecified atom stereocenters. The van der Waals surface area contributed by atoms with E-state index in [-0.39, 0.29) is 39.1 Å². The van der Waals surface area contributed by atoms with Crippen LogP contribution in [-0.4, -0.2) is 28.0 Å². The molecule has 168 valence electrons. The van der Waals surface area contributed by atoms with Crippen LogP contribution in [0.2, 0.25) is 0 Å². The standard InChI is InChI=1S/C21H19N7O4S/c1-4-31-15-8-6-5-7-14(15)25-19(29)11(2)33-20-13(10-23)16(12(9-22)18(24)26-20)17-21(30)32-27-28(17)3/h5-8,11H,4H2,1-3H3,(H3-,24,25,26,27,29,30). The number of nitrogen functional groups attached to an aromatic ring is 1. The predicted octanol–water partition coefficient (Wildman–Crippen LogP) is 1.48. The molecule has 0 aliphatic rings. The number of pyridine rings is 1. The van der Waals surface area contributed by atoms with Gasteiger partial charge in [-0.05, 0) is 26.0 Å². The van der Waals surface area contributed by atoms with Gasteiger partial charge < -0.3 is 25.4 Å². The third-order valence-corrected chi connectivity index (χ3v) is 5.60. The van der Waals surface area contributed by atoms with Crippen LogP contribution in [0, 0.1) is 22.7 Å². The second-order valence-corrected chi connectivity index (χ2v) is 7.99. The number of nitrogens with zero attached hydrogens (tertiary/aromatic N) is 5. The number of thioether (sulfide) groups is 1. The van der Waals surface area contributed by atoms with Crippen molar-refractivity contribution < 1.29 is 23.8 Å². The highest BCUT2D eigenvalue weighted by atomic mass is 32.2. The first-order chi connectivity index (χ1) is 15.8. The number of nitriles is 2. The van der Waals surface area contributed by atoms with Crippen molar-refractivity contribution in [2.75, 3.05) is 17.7 Å². The van der Waals surface area contributed by atoms with Crippen LogP contribution in [0.4, 0.5) is 11.5 Å². The minimum absolute atomic E-state index is 0.0435. The number of para-hydroxylation sites is 2. The van der Waals surface area contributed by atoms with E-state index in [1.54, 1.807) is 31.2 Å². The van der Waals surface area contributed by atoms with Crippen molar-refractivity contribution in [3.63, 3.8) is 0 Å². The molecule has 2 heterocycles.